The molecule has 4 N–H and O–H groups in total. The molecule has 0 radical (unpaired) electrons. The quantitative estimate of drug-likeness (QED) is 0.305. The molecule has 2 aliphatic carbocycles. The average Bonchev–Trinajstić information content (AvgIpc) is 3.09. The van der Waals surface area contributed by atoms with E-state index in [-0.39, 0.29) is 17.7 Å². The third-order valence-corrected chi connectivity index (χ3v) is 4.46. The fourth-order valence-electron chi connectivity index (χ4n) is 3.03. The number of hydrogen-bond donors (Lipinski definition) is 3. The molecule has 0 aliphatic heterocycles. The first-order valence-electron chi connectivity index (χ1n) is 6.73. The number of oxime groups is 1. The van der Waals surface area contributed by atoms with E-state index >= 15 is 0 Å². The lowest BCUT2D eigenvalue weighted by Crippen LogP contribution is -2.43. The Morgan fingerprint density at radius 1 is 1.39 bits per heavy atom. The maximum absolute atomic E-state index is 12.1. The van der Waals surface area contributed by atoms with Crippen molar-refractivity contribution in [2.75, 3.05) is 6.54 Å². The smallest absolute Gasteiger partial charge is 0.223 e. The van der Waals surface area contributed by atoms with Gasteiger partial charge in [-0.15, -0.1) is 0 Å². The molecule has 102 valence electrons. The van der Waals surface area contributed by atoms with Gasteiger partial charge < -0.3 is 16.3 Å². The van der Waals surface area contributed by atoms with Crippen molar-refractivity contribution in [1.82, 2.24) is 5.32 Å². The van der Waals surface area contributed by atoms with E-state index in [1.165, 1.54) is 25.7 Å². The van der Waals surface area contributed by atoms with Crippen LogP contribution in [0.5, 0.6) is 0 Å². The van der Waals surface area contributed by atoms with Gasteiger partial charge in [0.2, 0.25) is 5.91 Å². The average molecular weight is 253 g/mol. The monoisotopic (exact) mass is 253 g/mol. The van der Waals surface area contributed by atoms with Crippen LogP contribution in [0.4, 0.5) is 0 Å². The standard InChI is InChI=1S/C13H23N3O2/c1-13(2,12(14)16-18)7-15-11(17)10-8-5-3-4-6-9(8)10/h8-10,18H,3-7H2,1-2H3,(H2,14,16)(H,15,17). The molecular weight excluding hydrogens is 230 g/mol. The molecule has 0 heterocycles. The Morgan fingerprint density at radius 2 is 1.94 bits per heavy atom. The Morgan fingerprint density at radius 3 is 2.44 bits per heavy atom. The number of carbonyl (C=O) groups excluding carboxylic acids is 1. The molecule has 2 atom stereocenters. The lowest BCUT2D eigenvalue weighted by atomic mass is 9.92. The molecule has 0 bridgehead atoms. The van der Waals surface area contributed by atoms with Gasteiger partial charge >= 0.3 is 0 Å². The molecule has 2 aliphatic rings. The highest BCUT2D eigenvalue weighted by Crippen LogP contribution is 2.55. The van der Waals surface area contributed by atoms with Crippen molar-refractivity contribution < 1.29 is 10.0 Å². The third-order valence-electron chi connectivity index (χ3n) is 4.46. The van der Waals surface area contributed by atoms with E-state index in [0.717, 1.165) is 0 Å². The molecule has 0 aromatic carbocycles. The first-order valence-corrected chi connectivity index (χ1v) is 6.73. The first kappa shape index (κ1) is 13.2. The van der Waals surface area contributed by atoms with Crippen molar-refractivity contribution in [2.45, 2.75) is 39.5 Å². The summed E-state index contributed by atoms with van der Waals surface area (Å²) in [6.07, 6.45) is 4.93. The molecule has 0 aromatic rings. The van der Waals surface area contributed by atoms with Crippen molar-refractivity contribution in [3.05, 3.63) is 0 Å². The fraction of sp³-hybridized carbons (Fsp3) is 0.846. The molecule has 1 amide bonds. The zero-order chi connectivity index (χ0) is 13.3. The fourth-order valence-corrected chi connectivity index (χ4v) is 3.03. The molecule has 2 unspecified atom stereocenters. The van der Waals surface area contributed by atoms with Crippen molar-refractivity contribution in [1.29, 1.82) is 0 Å². The molecule has 0 spiro atoms. The molecular formula is C13H23N3O2. The van der Waals surface area contributed by atoms with E-state index in [9.17, 15) is 4.79 Å². The summed E-state index contributed by atoms with van der Waals surface area (Å²) in [6.45, 7) is 4.11. The van der Waals surface area contributed by atoms with Crippen LogP contribution in [0.15, 0.2) is 5.16 Å². The number of hydrogen-bond acceptors (Lipinski definition) is 3. The second-order valence-electron chi connectivity index (χ2n) is 6.22. The van der Waals surface area contributed by atoms with E-state index in [1.807, 2.05) is 13.8 Å². The van der Waals surface area contributed by atoms with Gasteiger partial charge in [-0.25, -0.2) is 0 Å². The minimum Gasteiger partial charge on any atom is -0.409 e. The third kappa shape index (κ3) is 2.44. The van der Waals surface area contributed by atoms with Crippen LogP contribution in [0, 0.1) is 23.2 Å². The van der Waals surface area contributed by atoms with Crippen molar-refractivity contribution in [2.24, 2.45) is 34.1 Å². The van der Waals surface area contributed by atoms with Crippen LogP contribution >= 0.6 is 0 Å². The number of fused-ring (bicyclic) bond motifs is 1. The van der Waals surface area contributed by atoms with E-state index in [2.05, 4.69) is 10.5 Å². The summed E-state index contributed by atoms with van der Waals surface area (Å²) in [5, 5.41) is 14.6. The van der Waals surface area contributed by atoms with Gasteiger partial charge in [-0.3, -0.25) is 4.79 Å². The number of carbonyl (C=O) groups is 1. The van der Waals surface area contributed by atoms with E-state index in [0.29, 0.717) is 18.4 Å². The Labute approximate surface area is 108 Å². The second kappa shape index (κ2) is 4.78. The predicted molar refractivity (Wildman–Crippen MR) is 69.1 cm³/mol. The summed E-state index contributed by atoms with van der Waals surface area (Å²) < 4.78 is 0. The van der Waals surface area contributed by atoms with Gasteiger partial charge in [-0.1, -0.05) is 31.8 Å². The van der Waals surface area contributed by atoms with Gasteiger partial charge in [0, 0.05) is 17.9 Å². The summed E-state index contributed by atoms with van der Waals surface area (Å²) in [4.78, 5) is 12.1. The highest BCUT2D eigenvalue weighted by atomic mass is 16.4. The maximum atomic E-state index is 12.1. The first-order chi connectivity index (χ1) is 8.47. The Bertz CT molecular complexity index is 353. The summed E-state index contributed by atoms with van der Waals surface area (Å²) in [6, 6.07) is 0. The largest absolute Gasteiger partial charge is 0.409 e. The van der Waals surface area contributed by atoms with Gasteiger partial charge in [0.05, 0.1) is 0 Å². The van der Waals surface area contributed by atoms with Crippen molar-refractivity contribution >= 4 is 11.7 Å². The van der Waals surface area contributed by atoms with Crippen LogP contribution in [0.3, 0.4) is 0 Å². The van der Waals surface area contributed by atoms with Gasteiger partial charge in [-0.05, 0) is 24.7 Å². The molecule has 5 nitrogen and oxygen atoms in total. The van der Waals surface area contributed by atoms with Crippen LogP contribution in [0.2, 0.25) is 0 Å². The van der Waals surface area contributed by atoms with Crippen LogP contribution < -0.4 is 11.1 Å². The maximum Gasteiger partial charge on any atom is 0.223 e. The van der Waals surface area contributed by atoms with Crippen LogP contribution in [-0.2, 0) is 4.79 Å². The molecule has 0 saturated heterocycles. The van der Waals surface area contributed by atoms with Crippen molar-refractivity contribution in [3.63, 3.8) is 0 Å². The van der Waals surface area contributed by atoms with E-state index < -0.39 is 5.41 Å². The summed E-state index contributed by atoms with van der Waals surface area (Å²) in [5.74, 6) is 1.74. The molecule has 2 saturated carbocycles. The molecule has 2 rings (SSSR count). The second-order valence-corrected chi connectivity index (χ2v) is 6.22. The van der Waals surface area contributed by atoms with Crippen LogP contribution in [-0.4, -0.2) is 23.5 Å². The number of nitrogens with zero attached hydrogens (tertiary/aromatic N) is 1. The molecule has 2 fully saturated rings. The zero-order valence-corrected chi connectivity index (χ0v) is 11.1. The lowest BCUT2D eigenvalue weighted by Gasteiger charge is -2.23. The lowest BCUT2D eigenvalue weighted by molar-refractivity contribution is -0.123. The summed E-state index contributed by atoms with van der Waals surface area (Å²) in [5.41, 5.74) is 5.08. The number of rotatable bonds is 4. The Kier molecular flexibility index (Phi) is 3.50. The van der Waals surface area contributed by atoms with Crippen LogP contribution in [0.25, 0.3) is 0 Å². The Balaban J connectivity index is 1.82. The summed E-state index contributed by atoms with van der Waals surface area (Å²) >= 11 is 0. The minimum absolute atomic E-state index is 0.144. The van der Waals surface area contributed by atoms with Gasteiger partial charge in [0.25, 0.3) is 0 Å². The van der Waals surface area contributed by atoms with Gasteiger partial charge in [0.15, 0.2) is 0 Å². The highest BCUT2D eigenvalue weighted by Gasteiger charge is 2.54. The normalized spacial score (nSPS) is 31.7. The molecule has 18 heavy (non-hydrogen) atoms. The van der Waals surface area contributed by atoms with Crippen molar-refractivity contribution in [3.8, 4) is 0 Å². The van der Waals surface area contributed by atoms with Crippen LogP contribution in [0.1, 0.15) is 39.5 Å². The predicted octanol–water partition coefficient (Wildman–Crippen LogP) is 1.31. The van der Waals surface area contributed by atoms with E-state index in [4.69, 9.17) is 10.9 Å². The molecule has 5 heteroatoms. The number of amides is 1. The number of nitrogens with two attached hydrogens (primary N) is 1. The summed E-state index contributed by atoms with van der Waals surface area (Å²) in [7, 11) is 0. The topological polar surface area (TPSA) is 87.7 Å². The number of amidine groups is 1. The molecule has 0 aromatic heterocycles. The van der Waals surface area contributed by atoms with E-state index in [1.54, 1.807) is 0 Å². The number of nitrogens with one attached hydrogen (secondary N) is 1. The zero-order valence-electron chi connectivity index (χ0n) is 11.1. The Hall–Kier alpha value is -1.26. The van der Waals surface area contributed by atoms with Gasteiger partial charge in [0.1, 0.15) is 5.84 Å². The minimum atomic E-state index is -0.509. The SMILES string of the molecule is CC(C)(CNC(=O)C1C2CCCCC21)C(N)=NO. The highest BCUT2D eigenvalue weighted by molar-refractivity contribution is 5.87. The van der Waals surface area contributed by atoms with Gasteiger partial charge in [-0.2, -0.15) is 0 Å².